The van der Waals surface area contributed by atoms with Crippen molar-refractivity contribution >= 4 is 5.97 Å². The number of allylic oxidation sites excluding steroid dienone is 3. The van der Waals surface area contributed by atoms with Crippen molar-refractivity contribution in [3.05, 3.63) is 23.3 Å². The van der Waals surface area contributed by atoms with Crippen LogP contribution >= 0.6 is 0 Å². The molecule has 0 saturated carbocycles. The molecule has 1 N–H and O–H groups in total. The van der Waals surface area contributed by atoms with Crippen molar-refractivity contribution in [1.29, 1.82) is 0 Å². The smallest absolute Gasteiger partial charge is 0.307 e. The normalized spacial score (nSPS) is 12.9. The van der Waals surface area contributed by atoms with E-state index in [0.29, 0.717) is 0 Å². The maximum Gasteiger partial charge on any atom is 0.307 e. The van der Waals surface area contributed by atoms with Gasteiger partial charge in [-0.05, 0) is 26.7 Å². The monoisotopic (exact) mass is 224 g/mol. The molecule has 0 aliphatic carbocycles. The number of carboxylic acids is 1. The minimum absolute atomic E-state index is 0.140. The maximum atomic E-state index is 10.5. The first-order valence-corrected chi connectivity index (χ1v) is 6.12. The molecule has 0 amide bonds. The Balaban J connectivity index is 3.89. The molecule has 0 fully saturated rings. The number of hydrogen-bond donors (Lipinski definition) is 1. The Morgan fingerprint density at radius 2 is 1.88 bits per heavy atom. The summed E-state index contributed by atoms with van der Waals surface area (Å²) in [6.07, 6.45) is 10.5. The lowest BCUT2D eigenvalue weighted by molar-refractivity contribution is -0.136. The molecule has 2 heteroatoms. The van der Waals surface area contributed by atoms with E-state index in [4.69, 9.17) is 5.11 Å². The van der Waals surface area contributed by atoms with E-state index in [1.165, 1.54) is 31.3 Å². The molecule has 92 valence electrons. The molecule has 0 heterocycles. The standard InChI is InChI=1S/C14H24O2/c1-4-5-6-7-8-9-12(2)10-13(3)11-14(15)16/h9-10H,4-8,11H2,1-3H3,(H,15,16)/b12-9-,13-10-. The molecule has 0 aliphatic heterocycles. The number of unbranched alkanes of at least 4 members (excludes halogenated alkanes) is 4. The van der Waals surface area contributed by atoms with Crippen LogP contribution in [-0.4, -0.2) is 11.1 Å². The van der Waals surface area contributed by atoms with Crippen molar-refractivity contribution in [1.82, 2.24) is 0 Å². The predicted molar refractivity (Wildman–Crippen MR) is 68.5 cm³/mol. The quantitative estimate of drug-likeness (QED) is 0.492. The van der Waals surface area contributed by atoms with Crippen LogP contribution in [0.2, 0.25) is 0 Å². The number of carboxylic acid groups (broad SMARTS) is 1. The zero-order valence-electron chi connectivity index (χ0n) is 10.8. The molecular weight excluding hydrogens is 200 g/mol. The van der Waals surface area contributed by atoms with Crippen LogP contribution in [0.5, 0.6) is 0 Å². The van der Waals surface area contributed by atoms with Crippen LogP contribution in [0.25, 0.3) is 0 Å². The molecular formula is C14H24O2. The molecule has 0 aromatic rings. The van der Waals surface area contributed by atoms with Gasteiger partial charge in [-0.15, -0.1) is 0 Å². The van der Waals surface area contributed by atoms with Gasteiger partial charge >= 0.3 is 5.97 Å². The Hall–Kier alpha value is -1.05. The van der Waals surface area contributed by atoms with Crippen LogP contribution in [-0.2, 0) is 4.79 Å². The van der Waals surface area contributed by atoms with Crippen molar-refractivity contribution in [2.45, 2.75) is 59.3 Å². The van der Waals surface area contributed by atoms with Gasteiger partial charge < -0.3 is 5.11 Å². The van der Waals surface area contributed by atoms with E-state index >= 15 is 0 Å². The number of carbonyl (C=O) groups is 1. The molecule has 0 aromatic heterocycles. The lowest BCUT2D eigenvalue weighted by Gasteiger charge is -1.99. The van der Waals surface area contributed by atoms with Crippen molar-refractivity contribution in [2.75, 3.05) is 0 Å². The summed E-state index contributed by atoms with van der Waals surface area (Å²) in [5, 5.41) is 8.61. The Kier molecular flexibility index (Phi) is 8.59. The minimum Gasteiger partial charge on any atom is -0.481 e. The van der Waals surface area contributed by atoms with E-state index in [0.717, 1.165) is 12.0 Å². The second kappa shape index (κ2) is 9.20. The highest BCUT2D eigenvalue weighted by molar-refractivity contribution is 5.70. The highest BCUT2D eigenvalue weighted by atomic mass is 16.4. The summed E-state index contributed by atoms with van der Waals surface area (Å²) in [7, 11) is 0. The first-order valence-electron chi connectivity index (χ1n) is 6.12. The first kappa shape index (κ1) is 14.9. The average Bonchev–Trinajstić information content (AvgIpc) is 2.15. The van der Waals surface area contributed by atoms with Crippen LogP contribution in [0.4, 0.5) is 0 Å². The van der Waals surface area contributed by atoms with Gasteiger partial charge in [0.25, 0.3) is 0 Å². The number of rotatable bonds is 8. The van der Waals surface area contributed by atoms with Gasteiger partial charge in [0.05, 0.1) is 6.42 Å². The third kappa shape index (κ3) is 9.50. The van der Waals surface area contributed by atoms with Gasteiger partial charge in [0.1, 0.15) is 0 Å². The summed E-state index contributed by atoms with van der Waals surface area (Å²) >= 11 is 0. The summed E-state index contributed by atoms with van der Waals surface area (Å²) in [5.74, 6) is -0.760. The summed E-state index contributed by atoms with van der Waals surface area (Å²) in [6.45, 7) is 6.10. The fraction of sp³-hybridized carbons (Fsp3) is 0.643. The molecule has 0 rings (SSSR count). The molecule has 0 spiro atoms. The second-order valence-corrected chi connectivity index (χ2v) is 4.36. The Morgan fingerprint density at radius 1 is 1.19 bits per heavy atom. The van der Waals surface area contributed by atoms with Crippen molar-refractivity contribution < 1.29 is 9.90 Å². The first-order chi connectivity index (χ1) is 7.56. The van der Waals surface area contributed by atoms with Crippen molar-refractivity contribution in [3.8, 4) is 0 Å². The Morgan fingerprint density at radius 3 is 2.44 bits per heavy atom. The summed E-state index contributed by atoms with van der Waals surface area (Å²) in [5.41, 5.74) is 2.09. The molecule has 0 unspecified atom stereocenters. The fourth-order valence-electron chi connectivity index (χ4n) is 1.64. The van der Waals surface area contributed by atoms with Gasteiger partial charge in [-0.25, -0.2) is 0 Å². The van der Waals surface area contributed by atoms with Gasteiger partial charge in [-0.1, -0.05) is 49.5 Å². The lowest BCUT2D eigenvalue weighted by atomic mass is 10.1. The van der Waals surface area contributed by atoms with Crippen LogP contribution in [0, 0.1) is 0 Å². The van der Waals surface area contributed by atoms with E-state index in [1.54, 1.807) is 0 Å². The fourth-order valence-corrected chi connectivity index (χ4v) is 1.64. The number of hydrogen-bond acceptors (Lipinski definition) is 1. The van der Waals surface area contributed by atoms with E-state index in [-0.39, 0.29) is 6.42 Å². The summed E-state index contributed by atoms with van der Waals surface area (Å²) in [6, 6.07) is 0. The van der Waals surface area contributed by atoms with Gasteiger partial charge in [0.15, 0.2) is 0 Å². The highest BCUT2D eigenvalue weighted by Gasteiger charge is 1.97. The molecule has 0 bridgehead atoms. The van der Waals surface area contributed by atoms with E-state index in [9.17, 15) is 4.79 Å². The van der Waals surface area contributed by atoms with E-state index < -0.39 is 5.97 Å². The third-order valence-electron chi connectivity index (χ3n) is 2.43. The topological polar surface area (TPSA) is 37.3 Å². The minimum atomic E-state index is -0.760. The van der Waals surface area contributed by atoms with Crippen molar-refractivity contribution in [2.24, 2.45) is 0 Å². The van der Waals surface area contributed by atoms with Gasteiger partial charge in [0, 0.05) is 0 Å². The molecule has 2 nitrogen and oxygen atoms in total. The molecule has 0 aliphatic rings. The molecule has 0 saturated heterocycles. The molecule has 16 heavy (non-hydrogen) atoms. The van der Waals surface area contributed by atoms with Crippen LogP contribution in [0.1, 0.15) is 59.3 Å². The van der Waals surface area contributed by atoms with Crippen LogP contribution in [0.3, 0.4) is 0 Å². The van der Waals surface area contributed by atoms with E-state index in [2.05, 4.69) is 13.0 Å². The molecule has 0 aromatic carbocycles. The number of aliphatic carboxylic acids is 1. The SMILES string of the molecule is CCCCCC/C=C(C)\C=C(\C)CC(=O)O. The zero-order valence-corrected chi connectivity index (χ0v) is 10.8. The van der Waals surface area contributed by atoms with Crippen LogP contribution in [0.15, 0.2) is 23.3 Å². The van der Waals surface area contributed by atoms with Crippen molar-refractivity contribution in [3.63, 3.8) is 0 Å². The molecule has 0 atom stereocenters. The summed E-state index contributed by atoms with van der Waals surface area (Å²) in [4.78, 5) is 10.5. The lowest BCUT2D eigenvalue weighted by Crippen LogP contribution is -1.94. The summed E-state index contributed by atoms with van der Waals surface area (Å²) < 4.78 is 0. The largest absolute Gasteiger partial charge is 0.481 e. The van der Waals surface area contributed by atoms with E-state index in [1.807, 2.05) is 19.9 Å². The second-order valence-electron chi connectivity index (χ2n) is 4.36. The average molecular weight is 224 g/mol. The Labute approximate surface area is 99.1 Å². The molecule has 0 radical (unpaired) electrons. The van der Waals surface area contributed by atoms with Gasteiger partial charge in [-0.2, -0.15) is 0 Å². The zero-order chi connectivity index (χ0) is 12.4. The van der Waals surface area contributed by atoms with Crippen LogP contribution < -0.4 is 0 Å². The predicted octanol–water partition coefficient (Wildman–Crippen LogP) is 4.32. The van der Waals surface area contributed by atoms with Gasteiger partial charge in [0.2, 0.25) is 0 Å². The Bertz CT molecular complexity index is 262. The maximum absolute atomic E-state index is 10.5. The van der Waals surface area contributed by atoms with Gasteiger partial charge in [-0.3, -0.25) is 4.79 Å². The highest BCUT2D eigenvalue weighted by Crippen LogP contribution is 2.09. The third-order valence-corrected chi connectivity index (χ3v) is 2.43.